The quantitative estimate of drug-likeness (QED) is 0.342. The molecule has 11 heteroatoms. The van der Waals surface area contributed by atoms with Crippen LogP contribution in [0.5, 0.6) is 0 Å². The van der Waals surface area contributed by atoms with Crippen LogP contribution >= 0.6 is 11.3 Å². The number of fused-ring (bicyclic) bond motifs is 2. The number of anilines is 1. The number of carbonyl (C=O) groups is 2. The monoisotopic (exact) mass is 590 g/mol. The number of aryl methyl sites for hydroxylation is 2. The zero-order valence-corrected chi connectivity index (χ0v) is 25.2. The van der Waals surface area contributed by atoms with Gasteiger partial charge in [-0.1, -0.05) is 12.1 Å². The zero-order valence-electron chi connectivity index (χ0n) is 24.3. The Kier molecular flexibility index (Phi) is 8.79. The summed E-state index contributed by atoms with van der Waals surface area (Å²) in [6.45, 7) is 10.6. The minimum absolute atomic E-state index is 0.159. The lowest BCUT2D eigenvalue weighted by molar-refractivity contribution is 0.0716. The fourth-order valence-corrected chi connectivity index (χ4v) is 6.49. The number of halogens is 1. The van der Waals surface area contributed by atoms with Crippen molar-refractivity contribution in [2.45, 2.75) is 53.2 Å². The summed E-state index contributed by atoms with van der Waals surface area (Å²) in [5, 5.41) is 0.462. The van der Waals surface area contributed by atoms with E-state index in [9.17, 15) is 18.8 Å². The molecule has 0 saturated carbocycles. The maximum atomic E-state index is 14.7. The third-order valence-electron chi connectivity index (χ3n) is 7.78. The second-order valence-electron chi connectivity index (χ2n) is 10.7. The standard InChI is InChI=1S/C31H35FN6O3S/c1-5-35-19-34-28-26(30(35)40)21(4)27(42-28)31(41)37-16-15-36(20(2)3)13-8-14-38(29(39)24-9-6-7-12-33-24)25-17-23(32)11-10-22(25)18-37/h6-7,9-12,17,19-20H,5,8,13-16,18H2,1-4H3. The summed E-state index contributed by atoms with van der Waals surface area (Å²) in [6.07, 6.45) is 3.73. The Morgan fingerprint density at radius 1 is 1.05 bits per heavy atom. The van der Waals surface area contributed by atoms with E-state index in [0.717, 1.165) is 0 Å². The van der Waals surface area contributed by atoms with Gasteiger partial charge in [0, 0.05) is 51.5 Å². The number of rotatable bonds is 4. The molecular formula is C31H35FN6O3S. The lowest BCUT2D eigenvalue weighted by Crippen LogP contribution is -2.41. The van der Waals surface area contributed by atoms with Crippen LogP contribution in [-0.4, -0.2) is 68.4 Å². The topological polar surface area (TPSA) is 91.6 Å². The van der Waals surface area contributed by atoms with Gasteiger partial charge in [-0.2, -0.15) is 0 Å². The van der Waals surface area contributed by atoms with Gasteiger partial charge in [-0.3, -0.25) is 28.8 Å². The summed E-state index contributed by atoms with van der Waals surface area (Å²) in [5.41, 5.74) is 1.78. The van der Waals surface area contributed by atoms with Gasteiger partial charge < -0.3 is 9.80 Å². The van der Waals surface area contributed by atoms with Crippen molar-refractivity contribution in [2.75, 3.05) is 31.1 Å². The van der Waals surface area contributed by atoms with Crippen LogP contribution in [-0.2, 0) is 13.1 Å². The predicted molar refractivity (Wildman–Crippen MR) is 163 cm³/mol. The SMILES string of the molecule is CCn1cnc2sc(C(=O)N3CCN(C(C)C)CCCN(C(=O)c4ccccn4)c4cc(F)ccc4C3)c(C)c2c1=O. The van der Waals surface area contributed by atoms with Crippen LogP contribution in [0.1, 0.15) is 58.5 Å². The molecule has 220 valence electrons. The first-order chi connectivity index (χ1) is 20.2. The molecule has 1 aromatic carbocycles. The Labute approximate surface area is 248 Å². The average Bonchev–Trinajstić information content (AvgIpc) is 3.31. The van der Waals surface area contributed by atoms with Crippen molar-refractivity contribution < 1.29 is 14.0 Å². The van der Waals surface area contributed by atoms with Crippen molar-refractivity contribution in [2.24, 2.45) is 0 Å². The molecule has 1 aliphatic heterocycles. The highest BCUT2D eigenvalue weighted by Crippen LogP contribution is 2.31. The summed E-state index contributed by atoms with van der Waals surface area (Å²) in [7, 11) is 0. The number of hydrogen-bond donors (Lipinski definition) is 0. The molecule has 0 N–H and O–H groups in total. The van der Waals surface area contributed by atoms with E-state index in [-0.39, 0.29) is 35.7 Å². The molecule has 0 aliphatic carbocycles. The van der Waals surface area contributed by atoms with E-state index in [1.165, 1.54) is 34.4 Å². The molecule has 5 rings (SSSR count). The van der Waals surface area contributed by atoms with Crippen molar-refractivity contribution in [1.82, 2.24) is 24.3 Å². The van der Waals surface area contributed by atoms with Crippen molar-refractivity contribution in [3.8, 4) is 0 Å². The first kappa shape index (κ1) is 29.5. The van der Waals surface area contributed by atoms with Gasteiger partial charge in [0.1, 0.15) is 16.3 Å². The van der Waals surface area contributed by atoms with Crippen LogP contribution in [0.2, 0.25) is 0 Å². The van der Waals surface area contributed by atoms with Gasteiger partial charge in [-0.25, -0.2) is 9.37 Å². The third-order valence-corrected chi connectivity index (χ3v) is 8.97. The van der Waals surface area contributed by atoms with Crippen molar-refractivity contribution >= 4 is 39.1 Å². The van der Waals surface area contributed by atoms with E-state index in [1.54, 1.807) is 47.2 Å². The maximum Gasteiger partial charge on any atom is 0.276 e. The Balaban J connectivity index is 1.59. The Morgan fingerprint density at radius 2 is 1.86 bits per heavy atom. The molecule has 4 heterocycles. The van der Waals surface area contributed by atoms with Crippen LogP contribution in [0.3, 0.4) is 0 Å². The number of hydrogen-bond acceptors (Lipinski definition) is 7. The summed E-state index contributed by atoms with van der Waals surface area (Å²) in [6, 6.07) is 9.70. The summed E-state index contributed by atoms with van der Waals surface area (Å²) in [5.74, 6) is -1.02. The smallest absolute Gasteiger partial charge is 0.276 e. The van der Waals surface area contributed by atoms with Gasteiger partial charge in [0.25, 0.3) is 17.4 Å². The molecule has 2 amide bonds. The van der Waals surface area contributed by atoms with Gasteiger partial charge in [-0.15, -0.1) is 11.3 Å². The molecule has 0 bridgehead atoms. The van der Waals surface area contributed by atoms with Gasteiger partial charge in [0.2, 0.25) is 0 Å². The van der Waals surface area contributed by atoms with Crippen LogP contribution in [0.25, 0.3) is 10.2 Å². The molecule has 0 radical (unpaired) electrons. The van der Waals surface area contributed by atoms with Gasteiger partial charge in [0.05, 0.1) is 22.3 Å². The fraction of sp³-hybridized carbons (Fsp3) is 0.387. The highest BCUT2D eigenvalue weighted by molar-refractivity contribution is 7.20. The van der Waals surface area contributed by atoms with Crippen molar-refractivity contribution in [3.63, 3.8) is 0 Å². The highest BCUT2D eigenvalue weighted by atomic mass is 32.1. The zero-order chi connectivity index (χ0) is 30.0. The van der Waals surface area contributed by atoms with E-state index in [1.807, 2.05) is 6.92 Å². The Bertz CT molecular complexity index is 1670. The molecule has 9 nitrogen and oxygen atoms in total. The number of nitrogens with zero attached hydrogens (tertiary/aromatic N) is 6. The van der Waals surface area contributed by atoms with E-state index in [4.69, 9.17) is 0 Å². The molecule has 0 spiro atoms. The summed E-state index contributed by atoms with van der Waals surface area (Å²) < 4.78 is 16.2. The number of aromatic nitrogens is 3. The highest BCUT2D eigenvalue weighted by Gasteiger charge is 2.28. The summed E-state index contributed by atoms with van der Waals surface area (Å²) >= 11 is 1.22. The molecule has 1 aliphatic rings. The lowest BCUT2D eigenvalue weighted by atomic mass is 10.1. The van der Waals surface area contributed by atoms with Crippen LogP contribution in [0.15, 0.2) is 53.7 Å². The Hall–Kier alpha value is -3.96. The van der Waals surface area contributed by atoms with Gasteiger partial charge in [-0.05, 0) is 69.5 Å². The van der Waals surface area contributed by atoms with Gasteiger partial charge >= 0.3 is 0 Å². The molecule has 4 aromatic rings. The molecule has 0 atom stereocenters. The molecular weight excluding hydrogens is 555 g/mol. The minimum Gasteiger partial charge on any atom is -0.332 e. The number of amides is 2. The molecule has 0 fully saturated rings. The van der Waals surface area contributed by atoms with Gasteiger partial charge in [0.15, 0.2) is 0 Å². The fourth-order valence-electron chi connectivity index (χ4n) is 5.38. The van der Waals surface area contributed by atoms with Crippen molar-refractivity contribution in [3.05, 3.63) is 86.8 Å². The van der Waals surface area contributed by atoms with Crippen LogP contribution in [0, 0.1) is 12.7 Å². The molecule has 3 aromatic heterocycles. The number of thiophene rings is 1. The maximum absolute atomic E-state index is 14.7. The van der Waals surface area contributed by atoms with Crippen LogP contribution < -0.4 is 10.5 Å². The van der Waals surface area contributed by atoms with E-state index < -0.39 is 5.82 Å². The first-order valence-electron chi connectivity index (χ1n) is 14.2. The van der Waals surface area contributed by atoms with E-state index in [0.29, 0.717) is 71.1 Å². The number of pyridine rings is 1. The molecule has 0 saturated heterocycles. The third kappa shape index (κ3) is 5.84. The largest absolute Gasteiger partial charge is 0.332 e. The van der Waals surface area contributed by atoms with Crippen molar-refractivity contribution in [1.29, 1.82) is 0 Å². The number of carbonyl (C=O) groups excluding carboxylic acids is 2. The predicted octanol–water partition coefficient (Wildman–Crippen LogP) is 4.72. The second-order valence-corrected chi connectivity index (χ2v) is 11.7. The number of benzene rings is 1. The molecule has 0 unspecified atom stereocenters. The normalized spacial score (nSPS) is 15.1. The second kappa shape index (κ2) is 12.5. The molecule has 42 heavy (non-hydrogen) atoms. The summed E-state index contributed by atoms with van der Waals surface area (Å²) in [4.78, 5) is 56.3. The Morgan fingerprint density at radius 3 is 2.57 bits per heavy atom. The van der Waals surface area contributed by atoms with Crippen LogP contribution in [0.4, 0.5) is 10.1 Å². The van der Waals surface area contributed by atoms with E-state index in [2.05, 4.69) is 28.7 Å². The first-order valence-corrected chi connectivity index (χ1v) is 15.0. The van der Waals surface area contributed by atoms with E-state index >= 15 is 0 Å². The lowest BCUT2D eigenvalue weighted by Gasteiger charge is -2.30. The minimum atomic E-state index is -0.470. The average molecular weight is 591 g/mol.